The standard InChI is InChI=1S/C14H25N3O/c1-5-11(15)9-12-7-8-16-14(17-12)13(10(3)4)18-6-2/h7-8,10-11,13H,5-6,9,15H2,1-4H3. The molecule has 4 heteroatoms. The molecule has 1 aromatic rings. The molecule has 1 aromatic heterocycles. The van der Waals surface area contributed by atoms with Crippen LogP contribution in [0, 0.1) is 5.92 Å². The van der Waals surface area contributed by atoms with Gasteiger partial charge in [-0.05, 0) is 25.3 Å². The van der Waals surface area contributed by atoms with E-state index in [9.17, 15) is 0 Å². The third-order valence-corrected chi connectivity index (χ3v) is 2.93. The fourth-order valence-electron chi connectivity index (χ4n) is 1.82. The van der Waals surface area contributed by atoms with Crippen LogP contribution in [-0.2, 0) is 11.2 Å². The normalized spacial score (nSPS) is 14.8. The van der Waals surface area contributed by atoms with Crippen molar-refractivity contribution in [3.05, 3.63) is 23.8 Å². The highest BCUT2D eigenvalue weighted by atomic mass is 16.5. The zero-order chi connectivity index (χ0) is 13.5. The first-order chi connectivity index (χ1) is 8.58. The second-order valence-electron chi connectivity index (χ2n) is 4.90. The van der Waals surface area contributed by atoms with E-state index in [4.69, 9.17) is 10.5 Å². The third-order valence-electron chi connectivity index (χ3n) is 2.93. The van der Waals surface area contributed by atoms with Gasteiger partial charge in [0.15, 0.2) is 5.82 Å². The van der Waals surface area contributed by atoms with Crippen LogP contribution in [0.5, 0.6) is 0 Å². The minimum Gasteiger partial charge on any atom is -0.370 e. The van der Waals surface area contributed by atoms with Crippen molar-refractivity contribution in [2.45, 2.75) is 52.7 Å². The van der Waals surface area contributed by atoms with E-state index in [2.05, 4.69) is 30.7 Å². The van der Waals surface area contributed by atoms with E-state index < -0.39 is 0 Å². The maximum absolute atomic E-state index is 5.96. The lowest BCUT2D eigenvalue weighted by molar-refractivity contribution is 0.0230. The Labute approximate surface area is 110 Å². The summed E-state index contributed by atoms with van der Waals surface area (Å²) in [5.74, 6) is 1.13. The minimum absolute atomic E-state index is 0.0344. The maximum atomic E-state index is 5.96. The summed E-state index contributed by atoms with van der Waals surface area (Å²) in [6.07, 6.45) is 3.52. The number of hydrogen-bond acceptors (Lipinski definition) is 4. The predicted octanol–water partition coefficient (Wildman–Crippen LogP) is 2.49. The lowest BCUT2D eigenvalue weighted by Gasteiger charge is -2.20. The molecule has 0 saturated carbocycles. The summed E-state index contributed by atoms with van der Waals surface area (Å²) in [6, 6.07) is 2.10. The van der Waals surface area contributed by atoms with Gasteiger partial charge in [0.25, 0.3) is 0 Å². The van der Waals surface area contributed by atoms with Crippen LogP contribution in [-0.4, -0.2) is 22.6 Å². The van der Waals surface area contributed by atoms with E-state index in [-0.39, 0.29) is 12.1 Å². The molecule has 0 bridgehead atoms. The Bertz CT molecular complexity index is 355. The van der Waals surface area contributed by atoms with Gasteiger partial charge in [-0.25, -0.2) is 9.97 Å². The fourth-order valence-corrected chi connectivity index (χ4v) is 1.82. The maximum Gasteiger partial charge on any atom is 0.157 e. The molecule has 2 atom stereocenters. The number of aromatic nitrogens is 2. The van der Waals surface area contributed by atoms with Crippen molar-refractivity contribution in [2.24, 2.45) is 11.7 Å². The molecule has 0 saturated heterocycles. The van der Waals surface area contributed by atoms with Gasteiger partial charge in [-0.1, -0.05) is 20.8 Å². The summed E-state index contributed by atoms with van der Waals surface area (Å²) in [5, 5.41) is 0. The van der Waals surface area contributed by atoms with E-state index in [1.807, 2.05) is 13.0 Å². The van der Waals surface area contributed by atoms with Crippen LogP contribution in [0.25, 0.3) is 0 Å². The number of rotatable bonds is 7. The van der Waals surface area contributed by atoms with E-state index in [0.29, 0.717) is 12.5 Å². The van der Waals surface area contributed by atoms with Crippen molar-refractivity contribution in [2.75, 3.05) is 6.61 Å². The summed E-state index contributed by atoms with van der Waals surface area (Å²) >= 11 is 0. The van der Waals surface area contributed by atoms with E-state index in [1.165, 1.54) is 0 Å². The average molecular weight is 251 g/mol. The van der Waals surface area contributed by atoms with Crippen LogP contribution in [0.15, 0.2) is 12.3 Å². The third kappa shape index (κ3) is 4.35. The van der Waals surface area contributed by atoms with Crippen molar-refractivity contribution in [1.82, 2.24) is 9.97 Å². The minimum atomic E-state index is -0.0344. The highest BCUT2D eigenvalue weighted by Gasteiger charge is 2.19. The Balaban J connectivity index is 2.85. The van der Waals surface area contributed by atoms with E-state index in [1.54, 1.807) is 6.20 Å². The number of hydrogen-bond donors (Lipinski definition) is 1. The Morgan fingerprint density at radius 1 is 1.33 bits per heavy atom. The average Bonchev–Trinajstić information content (AvgIpc) is 2.35. The second-order valence-corrected chi connectivity index (χ2v) is 4.90. The van der Waals surface area contributed by atoms with Gasteiger partial charge in [-0.3, -0.25) is 0 Å². The second kappa shape index (κ2) is 7.44. The Hall–Kier alpha value is -1.00. The van der Waals surface area contributed by atoms with Crippen molar-refractivity contribution in [1.29, 1.82) is 0 Å². The number of nitrogens with zero attached hydrogens (tertiary/aromatic N) is 2. The zero-order valence-electron chi connectivity index (χ0n) is 11.9. The molecule has 0 spiro atoms. The molecule has 0 fully saturated rings. The molecule has 0 radical (unpaired) electrons. The first-order valence-corrected chi connectivity index (χ1v) is 6.77. The van der Waals surface area contributed by atoms with Crippen molar-refractivity contribution in [3.8, 4) is 0 Å². The molecule has 18 heavy (non-hydrogen) atoms. The molecule has 0 amide bonds. The summed E-state index contributed by atoms with van der Waals surface area (Å²) in [6.45, 7) is 8.99. The molecule has 1 heterocycles. The van der Waals surface area contributed by atoms with Gasteiger partial charge in [0.1, 0.15) is 6.10 Å². The van der Waals surface area contributed by atoms with Gasteiger partial charge in [0, 0.05) is 31.0 Å². The Kier molecular flexibility index (Phi) is 6.22. The number of nitrogens with two attached hydrogens (primary N) is 1. The topological polar surface area (TPSA) is 61.0 Å². The van der Waals surface area contributed by atoms with E-state index in [0.717, 1.165) is 24.4 Å². The SMILES string of the molecule is CCOC(c1nccc(CC(N)CC)n1)C(C)C. The summed E-state index contributed by atoms with van der Waals surface area (Å²) < 4.78 is 5.72. The van der Waals surface area contributed by atoms with Crippen LogP contribution in [0.2, 0.25) is 0 Å². The summed E-state index contributed by atoms with van der Waals surface area (Å²) in [7, 11) is 0. The van der Waals surface area contributed by atoms with Gasteiger partial charge >= 0.3 is 0 Å². The molecule has 2 unspecified atom stereocenters. The number of ether oxygens (including phenoxy) is 1. The lowest BCUT2D eigenvalue weighted by atomic mass is 10.1. The molecule has 2 N–H and O–H groups in total. The van der Waals surface area contributed by atoms with Crippen LogP contribution in [0.3, 0.4) is 0 Å². The monoisotopic (exact) mass is 251 g/mol. The molecule has 102 valence electrons. The van der Waals surface area contributed by atoms with E-state index >= 15 is 0 Å². The van der Waals surface area contributed by atoms with Crippen LogP contribution in [0.4, 0.5) is 0 Å². The van der Waals surface area contributed by atoms with Gasteiger partial charge in [0.05, 0.1) is 0 Å². The molecular weight excluding hydrogens is 226 g/mol. The molecule has 0 aliphatic carbocycles. The molecule has 4 nitrogen and oxygen atoms in total. The molecule has 0 aliphatic rings. The highest BCUT2D eigenvalue weighted by Crippen LogP contribution is 2.22. The van der Waals surface area contributed by atoms with Gasteiger partial charge in [0.2, 0.25) is 0 Å². The lowest BCUT2D eigenvalue weighted by Crippen LogP contribution is -2.23. The smallest absolute Gasteiger partial charge is 0.157 e. The van der Waals surface area contributed by atoms with Crippen LogP contribution >= 0.6 is 0 Å². The zero-order valence-corrected chi connectivity index (χ0v) is 11.9. The van der Waals surface area contributed by atoms with Gasteiger partial charge < -0.3 is 10.5 Å². The first kappa shape index (κ1) is 15.1. The van der Waals surface area contributed by atoms with Crippen LogP contribution in [0.1, 0.15) is 51.7 Å². The first-order valence-electron chi connectivity index (χ1n) is 6.77. The Morgan fingerprint density at radius 3 is 2.61 bits per heavy atom. The fraction of sp³-hybridized carbons (Fsp3) is 0.714. The van der Waals surface area contributed by atoms with Crippen molar-refractivity contribution >= 4 is 0 Å². The molecule has 0 aliphatic heterocycles. The summed E-state index contributed by atoms with van der Waals surface area (Å²) in [4.78, 5) is 8.92. The van der Waals surface area contributed by atoms with Gasteiger partial charge in [-0.2, -0.15) is 0 Å². The predicted molar refractivity (Wildman–Crippen MR) is 73.2 cm³/mol. The van der Waals surface area contributed by atoms with Crippen molar-refractivity contribution in [3.63, 3.8) is 0 Å². The van der Waals surface area contributed by atoms with Gasteiger partial charge in [-0.15, -0.1) is 0 Å². The molecule has 1 rings (SSSR count). The molecular formula is C14H25N3O. The highest BCUT2D eigenvalue weighted by molar-refractivity contribution is 5.06. The van der Waals surface area contributed by atoms with Crippen molar-refractivity contribution < 1.29 is 4.74 Å². The quantitative estimate of drug-likeness (QED) is 0.808. The van der Waals surface area contributed by atoms with Crippen LogP contribution < -0.4 is 5.73 Å². The Morgan fingerprint density at radius 2 is 2.06 bits per heavy atom. The largest absolute Gasteiger partial charge is 0.370 e. The molecule has 0 aromatic carbocycles. The summed E-state index contributed by atoms with van der Waals surface area (Å²) in [5.41, 5.74) is 6.96.